The Morgan fingerprint density at radius 2 is 1.81 bits per heavy atom. The first-order valence-corrected chi connectivity index (χ1v) is 10.2. The highest BCUT2D eigenvalue weighted by molar-refractivity contribution is 6.07. The number of nitrogens with zero attached hydrogens (tertiary/aromatic N) is 2. The van der Waals surface area contributed by atoms with Crippen LogP contribution in [0, 0.1) is 17.0 Å². The van der Waals surface area contributed by atoms with Gasteiger partial charge >= 0.3 is 0 Å². The lowest BCUT2D eigenvalue weighted by molar-refractivity contribution is -0.384. The number of amides is 2. The standard InChI is InChI=1S/C24H22N4O4/c1-16-6-11-20(22(14-16)28(31)32)26-23(29)15-25-19-9-7-18(8-10-19)24(30)27-13-12-17-4-2-3-5-21(17)27/h2-11,14,25H,12-13,15H2,1H3,(H,26,29). The number of fused-ring (bicyclic) bond motifs is 1. The number of benzene rings is 3. The van der Waals surface area contributed by atoms with Crippen molar-refractivity contribution in [3.8, 4) is 0 Å². The number of carbonyl (C=O) groups excluding carboxylic acids is 2. The van der Waals surface area contributed by atoms with Crippen LogP contribution in [-0.2, 0) is 11.2 Å². The summed E-state index contributed by atoms with van der Waals surface area (Å²) in [4.78, 5) is 37.6. The third-order valence-corrected chi connectivity index (χ3v) is 5.34. The number of para-hydroxylation sites is 1. The Labute approximate surface area is 185 Å². The Hall–Kier alpha value is -4.20. The van der Waals surface area contributed by atoms with E-state index in [9.17, 15) is 19.7 Å². The molecule has 0 unspecified atom stereocenters. The molecule has 0 radical (unpaired) electrons. The molecule has 4 rings (SSSR count). The molecule has 8 heteroatoms. The number of hydrogen-bond donors (Lipinski definition) is 2. The molecule has 0 saturated heterocycles. The minimum atomic E-state index is -0.523. The van der Waals surface area contributed by atoms with Crippen LogP contribution in [0.2, 0.25) is 0 Å². The van der Waals surface area contributed by atoms with Gasteiger partial charge in [0.05, 0.1) is 11.5 Å². The van der Waals surface area contributed by atoms with E-state index in [4.69, 9.17) is 0 Å². The maximum absolute atomic E-state index is 12.9. The minimum absolute atomic E-state index is 0.0640. The molecule has 162 valence electrons. The number of nitro benzene ring substituents is 1. The second kappa shape index (κ2) is 8.89. The fourth-order valence-electron chi connectivity index (χ4n) is 3.71. The molecular formula is C24H22N4O4. The van der Waals surface area contributed by atoms with Crippen molar-refractivity contribution >= 4 is 34.6 Å². The zero-order valence-electron chi connectivity index (χ0n) is 17.5. The van der Waals surface area contributed by atoms with Gasteiger partial charge in [-0.3, -0.25) is 19.7 Å². The molecule has 2 amide bonds. The molecule has 3 aromatic carbocycles. The van der Waals surface area contributed by atoms with E-state index in [1.165, 1.54) is 17.7 Å². The predicted octanol–water partition coefficient (Wildman–Crippen LogP) is 4.16. The molecule has 32 heavy (non-hydrogen) atoms. The number of nitro groups is 1. The molecule has 2 N–H and O–H groups in total. The van der Waals surface area contributed by atoms with Crippen LogP contribution < -0.4 is 15.5 Å². The Bertz CT molecular complexity index is 1190. The number of carbonyl (C=O) groups is 2. The topological polar surface area (TPSA) is 105 Å². The van der Waals surface area contributed by atoms with E-state index in [1.807, 2.05) is 24.3 Å². The summed E-state index contributed by atoms with van der Waals surface area (Å²) < 4.78 is 0. The Morgan fingerprint density at radius 1 is 1.06 bits per heavy atom. The van der Waals surface area contributed by atoms with Gasteiger partial charge in [0.1, 0.15) is 5.69 Å². The second-order valence-corrected chi connectivity index (χ2v) is 7.59. The highest BCUT2D eigenvalue weighted by Crippen LogP contribution is 2.29. The molecule has 3 aromatic rings. The van der Waals surface area contributed by atoms with E-state index < -0.39 is 10.8 Å². The molecule has 1 aliphatic heterocycles. The van der Waals surface area contributed by atoms with Crippen LogP contribution in [0.5, 0.6) is 0 Å². The van der Waals surface area contributed by atoms with Gasteiger partial charge < -0.3 is 15.5 Å². The van der Waals surface area contributed by atoms with Gasteiger partial charge in [-0.25, -0.2) is 0 Å². The first kappa shape index (κ1) is 21.0. The van der Waals surface area contributed by atoms with Crippen LogP contribution >= 0.6 is 0 Å². The van der Waals surface area contributed by atoms with Gasteiger partial charge in [-0.15, -0.1) is 0 Å². The molecule has 0 bridgehead atoms. The molecule has 1 heterocycles. The van der Waals surface area contributed by atoms with Gasteiger partial charge in [0.2, 0.25) is 5.91 Å². The van der Waals surface area contributed by atoms with Gasteiger partial charge in [0.15, 0.2) is 0 Å². The average molecular weight is 430 g/mol. The first-order chi connectivity index (χ1) is 15.4. The third-order valence-electron chi connectivity index (χ3n) is 5.34. The van der Waals surface area contributed by atoms with Crippen molar-refractivity contribution in [3.05, 3.63) is 93.5 Å². The summed E-state index contributed by atoms with van der Waals surface area (Å²) in [6.45, 7) is 2.33. The molecule has 0 aromatic heterocycles. The van der Waals surface area contributed by atoms with Crippen LogP contribution in [0.25, 0.3) is 0 Å². The zero-order valence-corrected chi connectivity index (χ0v) is 17.5. The fraction of sp³-hybridized carbons (Fsp3) is 0.167. The van der Waals surface area contributed by atoms with Gasteiger partial charge in [0.25, 0.3) is 11.6 Å². The number of nitrogens with one attached hydrogen (secondary N) is 2. The van der Waals surface area contributed by atoms with E-state index in [-0.39, 0.29) is 23.8 Å². The number of hydrogen-bond acceptors (Lipinski definition) is 5. The Balaban J connectivity index is 1.36. The normalized spacial score (nSPS) is 12.2. The smallest absolute Gasteiger partial charge is 0.293 e. The lowest BCUT2D eigenvalue weighted by atomic mass is 10.1. The summed E-state index contributed by atoms with van der Waals surface area (Å²) in [6.07, 6.45) is 0.843. The summed E-state index contributed by atoms with van der Waals surface area (Å²) >= 11 is 0. The van der Waals surface area contributed by atoms with Crippen molar-refractivity contribution in [1.82, 2.24) is 0 Å². The molecule has 0 fully saturated rings. The molecule has 0 spiro atoms. The minimum Gasteiger partial charge on any atom is -0.376 e. The number of rotatable bonds is 6. The highest BCUT2D eigenvalue weighted by Gasteiger charge is 2.25. The summed E-state index contributed by atoms with van der Waals surface area (Å²) in [5.74, 6) is -0.475. The molecule has 0 saturated carbocycles. The van der Waals surface area contributed by atoms with E-state index in [0.717, 1.165) is 17.7 Å². The summed E-state index contributed by atoms with van der Waals surface area (Å²) in [7, 11) is 0. The molecular weight excluding hydrogens is 408 g/mol. The zero-order chi connectivity index (χ0) is 22.7. The lowest BCUT2D eigenvalue weighted by Gasteiger charge is -2.17. The molecule has 1 aliphatic rings. The molecule has 0 aliphatic carbocycles. The second-order valence-electron chi connectivity index (χ2n) is 7.59. The first-order valence-electron chi connectivity index (χ1n) is 10.2. The van der Waals surface area contributed by atoms with Crippen LogP contribution in [0.3, 0.4) is 0 Å². The van der Waals surface area contributed by atoms with Crippen LogP contribution in [0.15, 0.2) is 66.7 Å². The van der Waals surface area contributed by atoms with E-state index in [1.54, 1.807) is 42.2 Å². The van der Waals surface area contributed by atoms with Crippen molar-refractivity contribution in [2.45, 2.75) is 13.3 Å². The van der Waals surface area contributed by atoms with E-state index >= 15 is 0 Å². The van der Waals surface area contributed by atoms with Gasteiger partial charge in [-0.05, 0) is 60.9 Å². The molecule has 0 atom stereocenters. The van der Waals surface area contributed by atoms with Crippen LogP contribution in [-0.4, -0.2) is 29.8 Å². The number of aryl methyl sites for hydroxylation is 1. The number of anilines is 3. The SMILES string of the molecule is Cc1ccc(NC(=O)CNc2ccc(C(=O)N3CCc4ccccc43)cc2)c([N+](=O)[O-])c1. The van der Waals surface area contributed by atoms with Crippen molar-refractivity contribution in [3.63, 3.8) is 0 Å². The fourth-order valence-corrected chi connectivity index (χ4v) is 3.71. The average Bonchev–Trinajstić information content (AvgIpc) is 3.23. The maximum atomic E-state index is 12.9. The van der Waals surface area contributed by atoms with Gasteiger partial charge in [0, 0.05) is 29.5 Å². The quantitative estimate of drug-likeness (QED) is 0.451. The summed E-state index contributed by atoms with van der Waals surface area (Å²) in [5, 5.41) is 16.7. The molecule has 8 nitrogen and oxygen atoms in total. The van der Waals surface area contributed by atoms with Crippen molar-refractivity contribution in [2.75, 3.05) is 28.6 Å². The van der Waals surface area contributed by atoms with Crippen LogP contribution in [0.1, 0.15) is 21.5 Å². The van der Waals surface area contributed by atoms with E-state index in [2.05, 4.69) is 10.6 Å². The maximum Gasteiger partial charge on any atom is 0.293 e. The summed E-state index contributed by atoms with van der Waals surface area (Å²) in [6, 6.07) is 19.4. The van der Waals surface area contributed by atoms with Crippen molar-refractivity contribution in [1.29, 1.82) is 0 Å². The van der Waals surface area contributed by atoms with Gasteiger partial charge in [-0.1, -0.05) is 24.3 Å². The third kappa shape index (κ3) is 4.44. The monoisotopic (exact) mass is 430 g/mol. The summed E-state index contributed by atoms with van der Waals surface area (Å²) in [5.41, 5.74) is 4.08. The van der Waals surface area contributed by atoms with E-state index in [0.29, 0.717) is 17.8 Å². The predicted molar refractivity (Wildman–Crippen MR) is 123 cm³/mol. The van der Waals surface area contributed by atoms with Gasteiger partial charge in [-0.2, -0.15) is 0 Å². The van der Waals surface area contributed by atoms with Crippen molar-refractivity contribution < 1.29 is 14.5 Å². The Morgan fingerprint density at radius 3 is 2.56 bits per heavy atom. The van der Waals surface area contributed by atoms with Crippen molar-refractivity contribution in [2.24, 2.45) is 0 Å². The Kier molecular flexibility index (Phi) is 5.85. The lowest BCUT2D eigenvalue weighted by Crippen LogP contribution is -2.28. The van der Waals surface area contributed by atoms with Crippen LogP contribution in [0.4, 0.5) is 22.7 Å². The largest absolute Gasteiger partial charge is 0.376 e. The highest BCUT2D eigenvalue weighted by atomic mass is 16.6.